The molecule has 0 spiro atoms. The molecule has 1 atom stereocenters. The summed E-state index contributed by atoms with van der Waals surface area (Å²) in [6, 6.07) is 18.1. The molecule has 1 saturated heterocycles. The molecule has 0 aliphatic carbocycles. The Hall–Kier alpha value is -3.45. The van der Waals surface area contributed by atoms with E-state index in [9.17, 15) is 9.59 Å². The van der Waals surface area contributed by atoms with Gasteiger partial charge in [0.15, 0.2) is 0 Å². The Labute approximate surface area is 179 Å². The predicted octanol–water partition coefficient (Wildman–Crippen LogP) is 3.05. The zero-order valence-electron chi connectivity index (χ0n) is 17.4. The van der Waals surface area contributed by atoms with Gasteiger partial charge in [-0.05, 0) is 24.6 Å². The molecule has 0 saturated carbocycles. The Kier molecular flexibility index (Phi) is 5.03. The highest BCUT2D eigenvalue weighted by Gasteiger charge is 2.25. The number of piperazine rings is 1. The number of amides is 1. The summed E-state index contributed by atoms with van der Waals surface area (Å²) in [5, 5.41) is 0.803. The standard InChI is InChI=1S/C24H24N4O3/c1-17(18-7-3-2-4-8-18)26-11-13-27(14-12-26)21(29)15-28-16-25-22-19-9-5-6-10-20(19)31-23(22)24(28)30/h2-10,16-17H,11-15H2,1H3. The molecule has 158 valence electrons. The van der Waals surface area contributed by atoms with Gasteiger partial charge in [-0.1, -0.05) is 42.5 Å². The molecule has 7 heteroatoms. The van der Waals surface area contributed by atoms with Gasteiger partial charge in [-0.25, -0.2) is 4.98 Å². The van der Waals surface area contributed by atoms with Crippen LogP contribution in [0.2, 0.25) is 0 Å². The highest BCUT2D eigenvalue weighted by Crippen LogP contribution is 2.24. The number of carbonyl (C=O) groups is 1. The molecule has 0 radical (unpaired) electrons. The van der Waals surface area contributed by atoms with Crippen LogP contribution in [0.3, 0.4) is 0 Å². The zero-order chi connectivity index (χ0) is 21.4. The third-order valence-corrected chi connectivity index (χ3v) is 6.15. The Morgan fingerprint density at radius 3 is 2.52 bits per heavy atom. The zero-order valence-corrected chi connectivity index (χ0v) is 17.4. The first kappa shape index (κ1) is 19.5. The number of fused-ring (bicyclic) bond motifs is 3. The van der Waals surface area contributed by atoms with E-state index in [0.29, 0.717) is 30.2 Å². The van der Waals surface area contributed by atoms with E-state index < -0.39 is 0 Å². The Balaban J connectivity index is 1.28. The van der Waals surface area contributed by atoms with Crippen LogP contribution < -0.4 is 5.56 Å². The van der Waals surface area contributed by atoms with E-state index in [4.69, 9.17) is 4.42 Å². The van der Waals surface area contributed by atoms with Crippen molar-refractivity contribution in [3.8, 4) is 0 Å². The Morgan fingerprint density at radius 1 is 1.03 bits per heavy atom. The molecule has 0 bridgehead atoms. The smallest absolute Gasteiger partial charge is 0.297 e. The van der Waals surface area contributed by atoms with Crippen LogP contribution >= 0.6 is 0 Å². The summed E-state index contributed by atoms with van der Waals surface area (Å²) in [5.74, 6) is -0.0774. The van der Waals surface area contributed by atoms with Crippen molar-refractivity contribution < 1.29 is 9.21 Å². The van der Waals surface area contributed by atoms with Crippen LogP contribution in [0.4, 0.5) is 0 Å². The molecule has 1 aliphatic rings. The van der Waals surface area contributed by atoms with Gasteiger partial charge in [0.1, 0.15) is 17.6 Å². The maximum atomic E-state index is 12.9. The molecule has 1 unspecified atom stereocenters. The predicted molar refractivity (Wildman–Crippen MR) is 119 cm³/mol. The SMILES string of the molecule is CC(c1ccccc1)N1CCN(C(=O)Cn2cnc3c(oc4ccccc43)c2=O)CC1. The van der Waals surface area contributed by atoms with E-state index in [1.807, 2.05) is 35.2 Å². The van der Waals surface area contributed by atoms with Gasteiger partial charge in [0.05, 0.1) is 6.33 Å². The number of rotatable bonds is 4. The summed E-state index contributed by atoms with van der Waals surface area (Å²) in [7, 11) is 0. The molecule has 2 aromatic heterocycles. The van der Waals surface area contributed by atoms with Gasteiger partial charge < -0.3 is 9.32 Å². The quantitative estimate of drug-likeness (QED) is 0.511. The second kappa shape index (κ2) is 8.00. The van der Waals surface area contributed by atoms with Gasteiger partial charge in [-0.3, -0.25) is 19.1 Å². The summed E-state index contributed by atoms with van der Waals surface area (Å²) in [6.45, 7) is 5.05. The normalized spacial score (nSPS) is 16.1. The van der Waals surface area contributed by atoms with Crippen molar-refractivity contribution in [1.29, 1.82) is 0 Å². The third kappa shape index (κ3) is 3.61. The second-order valence-electron chi connectivity index (χ2n) is 7.96. The van der Waals surface area contributed by atoms with Crippen LogP contribution in [0.1, 0.15) is 18.5 Å². The maximum Gasteiger partial charge on any atom is 0.297 e. The van der Waals surface area contributed by atoms with Gasteiger partial charge in [-0.15, -0.1) is 0 Å². The molecular formula is C24H24N4O3. The molecule has 4 aromatic rings. The van der Waals surface area contributed by atoms with Gasteiger partial charge >= 0.3 is 0 Å². The van der Waals surface area contributed by atoms with Gasteiger partial charge in [-0.2, -0.15) is 0 Å². The lowest BCUT2D eigenvalue weighted by atomic mass is 10.1. The first-order chi connectivity index (χ1) is 15.1. The summed E-state index contributed by atoms with van der Waals surface area (Å²) in [4.78, 5) is 34.3. The van der Waals surface area contributed by atoms with Crippen LogP contribution in [-0.2, 0) is 11.3 Å². The van der Waals surface area contributed by atoms with Gasteiger partial charge in [0.25, 0.3) is 5.56 Å². The van der Waals surface area contributed by atoms with Crippen molar-refractivity contribution >= 4 is 28.0 Å². The lowest BCUT2D eigenvalue weighted by molar-refractivity contribution is -0.134. The van der Waals surface area contributed by atoms with Crippen LogP contribution in [0.15, 0.2) is 70.1 Å². The number of nitrogens with zero attached hydrogens (tertiary/aromatic N) is 4. The summed E-state index contributed by atoms with van der Waals surface area (Å²) in [5.41, 5.74) is 2.30. The Morgan fingerprint density at radius 2 is 1.74 bits per heavy atom. The van der Waals surface area contributed by atoms with E-state index in [1.54, 1.807) is 0 Å². The summed E-state index contributed by atoms with van der Waals surface area (Å²) < 4.78 is 7.05. The maximum absolute atomic E-state index is 12.9. The van der Waals surface area contributed by atoms with E-state index in [-0.39, 0.29) is 23.6 Å². The second-order valence-corrected chi connectivity index (χ2v) is 7.96. The van der Waals surface area contributed by atoms with E-state index in [2.05, 4.69) is 41.1 Å². The fourth-order valence-electron chi connectivity index (χ4n) is 4.27. The van der Waals surface area contributed by atoms with Crippen LogP contribution in [-0.4, -0.2) is 51.4 Å². The van der Waals surface area contributed by atoms with Crippen molar-refractivity contribution in [3.05, 3.63) is 76.8 Å². The number of carbonyl (C=O) groups excluding carboxylic acids is 1. The number of aromatic nitrogens is 2. The molecule has 1 aliphatic heterocycles. The highest BCUT2D eigenvalue weighted by atomic mass is 16.3. The minimum Gasteiger partial charge on any atom is -0.448 e. The first-order valence-electron chi connectivity index (χ1n) is 10.6. The molecule has 5 rings (SSSR count). The summed E-state index contributed by atoms with van der Waals surface area (Å²) >= 11 is 0. The minimum absolute atomic E-state index is 0.0347. The highest BCUT2D eigenvalue weighted by molar-refractivity contribution is 6.01. The minimum atomic E-state index is -0.328. The average Bonchev–Trinajstić information content (AvgIpc) is 3.20. The number of hydrogen-bond donors (Lipinski definition) is 0. The van der Waals surface area contributed by atoms with Crippen LogP contribution in [0.5, 0.6) is 0 Å². The molecular weight excluding hydrogens is 392 g/mol. The molecule has 2 aromatic carbocycles. The molecule has 0 N–H and O–H groups in total. The van der Waals surface area contributed by atoms with E-state index in [1.165, 1.54) is 16.5 Å². The molecule has 1 amide bonds. The number of benzene rings is 2. The third-order valence-electron chi connectivity index (χ3n) is 6.15. The molecule has 31 heavy (non-hydrogen) atoms. The van der Waals surface area contributed by atoms with Crippen LogP contribution in [0, 0.1) is 0 Å². The number of para-hydroxylation sites is 1. The van der Waals surface area contributed by atoms with Crippen molar-refractivity contribution in [1.82, 2.24) is 19.4 Å². The largest absolute Gasteiger partial charge is 0.448 e. The van der Waals surface area contributed by atoms with Crippen LogP contribution in [0.25, 0.3) is 22.1 Å². The number of furan rings is 1. The topological polar surface area (TPSA) is 71.6 Å². The van der Waals surface area contributed by atoms with Crippen molar-refractivity contribution in [3.63, 3.8) is 0 Å². The fourth-order valence-corrected chi connectivity index (χ4v) is 4.27. The van der Waals surface area contributed by atoms with Crippen molar-refractivity contribution in [2.45, 2.75) is 19.5 Å². The van der Waals surface area contributed by atoms with Gasteiger partial charge in [0.2, 0.25) is 11.5 Å². The molecule has 3 heterocycles. The fraction of sp³-hybridized carbons (Fsp3) is 0.292. The number of hydrogen-bond acceptors (Lipinski definition) is 5. The van der Waals surface area contributed by atoms with E-state index >= 15 is 0 Å². The first-order valence-corrected chi connectivity index (χ1v) is 10.6. The lowest BCUT2D eigenvalue weighted by Gasteiger charge is -2.38. The Bertz CT molecular complexity index is 1290. The summed E-state index contributed by atoms with van der Waals surface area (Å²) in [6.07, 6.45) is 1.44. The average molecular weight is 416 g/mol. The van der Waals surface area contributed by atoms with Gasteiger partial charge in [0, 0.05) is 37.6 Å². The monoisotopic (exact) mass is 416 g/mol. The molecule has 7 nitrogen and oxygen atoms in total. The lowest BCUT2D eigenvalue weighted by Crippen LogP contribution is -2.50. The molecule has 1 fully saturated rings. The van der Waals surface area contributed by atoms with E-state index in [0.717, 1.165) is 18.5 Å². The van der Waals surface area contributed by atoms with Crippen molar-refractivity contribution in [2.24, 2.45) is 0 Å². The van der Waals surface area contributed by atoms with Crippen molar-refractivity contribution in [2.75, 3.05) is 26.2 Å².